The van der Waals surface area contributed by atoms with Gasteiger partial charge in [-0.1, -0.05) is 27.2 Å². The third-order valence-corrected chi connectivity index (χ3v) is 7.12. The Morgan fingerprint density at radius 3 is 2.55 bits per heavy atom. The van der Waals surface area contributed by atoms with Crippen LogP contribution >= 0.6 is 0 Å². The van der Waals surface area contributed by atoms with Crippen LogP contribution in [0.25, 0.3) is 0 Å². The molecule has 2 aliphatic rings. The molecular formula is C20H32O2. The lowest BCUT2D eigenvalue weighted by Crippen LogP contribution is -2.58. The van der Waals surface area contributed by atoms with Crippen LogP contribution in [-0.4, -0.2) is 10.7 Å². The molecular weight excluding hydrogens is 272 g/mol. The summed E-state index contributed by atoms with van der Waals surface area (Å²) >= 11 is 0. The highest BCUT2D eigenvalue weighted by Crippen LogP contribution is 2.62. The van der Waals surface area contributed by atoms with Crippen LogP contribution in [0.15, 0.2) is 16.7 Å². The molecule has 0 unspecified atom stereocenters. The summed E-state index contributed by atoms with van der Waals surface area (Å²) < 4.78 is 5.73. The molecule has 2 fully saturated rings. The standard InChI is InChI=1S/C20H32O2/c1-14-8-12-22-15(14)13-17-19(4)10-6-9-18(2,3)16(19)7-11-20(17,5)21/h8,12,16-17,21H,6-7,9-11,13H2,1-5H3/t16-,17+,19-,20+/m0/s1. The molecule has 1 aromatic rings. The van der Waals surface area contributed by atoms with E-state index >= 15 is 0 Å². The summed E-state index contributed by atoms with van der Waals surface area (Å²) in [4.78, 5) is 0. The SMILES string of the molecule is Cc1ccoc1C[C@@H]1[C@@]2(C)CCCC(C)(C)[C@@H]2CC[C@@]1(C)O. The first-order valence-electron chi connectivity index (χ1n) is 8.92. The predicted molar refractivity (Wildman–Crippen MR) is 89.7 cm³/mol. The lowest BCUT2D eigenvalue weighted by Gasteiger charge is -2.61. The highest BCUT2D eigenvalue weighted by atomic mass is 16.3. The minimum atomic E-state index is -0.585. The molecule has 1 N–H and O–H groups in total. The monoisotopic (exact) mass is 304 g/mol. The minimum Gasteiger partial charge on any atom is -0.469 e. The smallest absolute Gasteiger partial charge is 0.107 e. The Kier molecular flexibility index (Phi) is 3.75. The third kappa shape index (κ3) is 2.44. The first kappa shape index (κ1) is 16.1. The van der Waals surface area contributed by atoms with Crippen LogP contribution in [0.4, 0.5) is 0 Å². The van der Waals surface area contributed by atoms with Gasteiger partial charge in [-0.2, -0.15) is 0 Å². The summed E-state index contributed by atoms with van der Waals surface area (Å²) in [5.41, 5.74) is 1.23. The van der Waals surface area contributed by atoms with Crippen molar-refractivity contribution < 1.29 is 9.52 Å². The van der Waals surface area contributed by atoms with Gasteiger partial charge in [0.25, 0.3) is 0 Å². The number of aliphatic hydroxyl groups is 1. The zero-order valence-electron chi connectivity index (χ0n) is 14.9. The number of fused-ring (bicyclic) bond motifs is 1. The van der Waals surface area contributed by atoms with Crippen LogP contribution in [0.5, 0.6) is 0 Å². The molecule has 0 spiro atoms. The summed E-state index contributed by atoms with van der Waals surface area (Å²) in [6.07, 6.45) is 8.57. The van der Waals surface area contributed by atoms with Crippen molar-refractivity contribution >= 4 is 0 Å². The van der Waals surface area contributed by atoms with Crippen LogP contribution in [-0.2, 0) is 6.42 Å². The van der Waals surface area contributed by atoms with E-state index in [4.69, 9.17) is 4.42 Å². The normalized spacial score (nSPS) is 41.2. The Bertz CT molecular complexity index is 540. The molecule has 22 heavy (non-hydrogen) atoms. The van der Waals surface area contributed by atoms with Gasteiger partial charge in [-0.15, -0.1) is 0 Å². The average Bonchev–Trinajstić information content (AvgIpc) is 2.78. The molecule has 1 heterocycles. The summed E-state index contributed by atoms with van der Waals surface area (Å²) in [5.74, 6) is 2.05. The van der Waals surface area contributed by atoms with Crippen molar-refractivity contribution in [1.29, 1.82) is 0 Å². The largest absolute Gasteiger partial charge is 0.469 e. The fourth-order valence-corrected chi connectivity index (χ4v) is 5.88. The van der Waals surface area contributed by atoms with E-state index in [9.17, 15) is 5.11 Å². The first-order valence-corrected chi connectivity index (χ1v) is 8.92. The number of hydrogen-bond donors (Lipinski definition) is 1. The van der Waals surface area contributed by atoms with Gasteiger partial charge in [0.2, 0.25) is 0 Å². The van der Waals surface area contributed by atoms with Crippen molar-refractivity contribution in [2.24, 2.45) is 22.7 Å². The van der Waals surface area contributed by atoms with Gasteiger partial charge in [0.1, 0.15) is 5.76 Å². The van der Waals surface area contributed by atoms with Gasteiger partial charge < -0.3 is 9.52 Å². The van der Waals surface area contributed by atoms with Gasteiger partial charge in [0.15, 0.2) is 0 Å². The fourth-order valence-electron chi connectivity index (χ4n) is 5.88. The number of furan rings is 1. The Morgan fingerprint density at radius 2 is 1.91 bits per heavy atom. The van der Waals surface area contributed by atoms with Crippen molar-refractivity contribution in [1.82, 2.24) is 0 Å². The molecule has 4 atom stereocenters. The Labute approximate surface area is 135 Å². The van der Waals surface area contributed by atoms with Crippen LogP contribution < -0.4 is 0 Å². The first-order chi connectivity index (χ1) is 10.2. The van der Waals surface area contributed by atoms with E-state index in [1.165, 1.54) is 24.8 Å². The maximum atomic E-state index is 11.2. The molecule has 2 heteroatoms. The predicted octanol–water partition coefficient (Wildman–Crippen LogP) is 5.12. The number of hydrogen-bond acceptors (Lipinski definition) is 2. The summed E-state index contributed by atoms with van der Waals surface area (Å²) in [6, 6.07) is 2.04. The van der Waals surface area contributed by atoms with Crippen LogP contribution in [0.1, 0.15) is 71.1 Å². The van der Waals surface area contributed by atoms with E-state index in [0.29, 0.717) is 11.3 Å². The minimum absolute atomic E-state index is 0.211. The Morgan fingerprint density at radius 1 is 1.18 bits per heavy atom. The molecule has 1 aromatic heterocycles. The average molecular weight is 304 g/mol. The molecule has 0 amide bonds. The molecule has 124 valence electrons. The summed E-state index contributed by atoms with van der Waals surface area (Å²) in [6.45, 7) is 11.5. The maximum Gasteiger partial charge on any atom is 0.107 e. The van der Waals surface area contributed by atoms with Crippen molar-refractivity contribution in [2.45, 2.75) is 78.7 Å². The second kappa shape index (κ2) is 5.12. The summed E-state index contributed by atoms with van der Waals surface area (Å²) in [7, 11) is 0. The van der Waals surface area contributed by atoms with E-state index in [0.717, 1.165) is 25.0 Å². The second-order valence-electron chi connectivity index (χ2n) is 9.08. The topological polar surface area (TPSA) is 33.4 Å². The quantitative estimate of drug-likeness (QED) is 0.822. The van der Waals surface area contributed by atoms with Gasteiger partial charge in [0, 0.05) is 12.3 Å². The lowest BCUT2D eigenvalue weighted by atomic mass is 9.45. The van der Waals surface area contributed by atoms with Gasteiger partial charge >= 0.3 is 0 Å². The van der Waals surface area contributed by atoms with E-state index in [1.54, 1.807) is 6.26 Å². The van der Waals surface area contributed by atoms with Crippen molar-refractivity contribution in [3.05, 3.63) is 23.7 Å². The Balaban J connectivity index is 1.98. The third-order valence-electron chi connectivity index (χ3n) is 7.12. The lowest BCUT2D eigenvalue weighted by molar-refractivity contribution is -0.167. The van der Waals surface area contributed by atoms with E-state index < -0.39 is 5.60 Å². The zero-order valence-corrected chi connectivity index (χ0v) is 14.9. The molecule has 0 bridgehead atoms. The zero-order chi connectivity index (χ0) is 16.2. The molecule has 0 aromatic carbocycles. The van der Waals surface area contributed by atoms with Gasteiger partial charge in [-0.3, -0.25) is 0 Å². The van der Waals surface area contributed by atoms with E-state index in [1.807, 2.05) is 6.07 Å². The summed E-state index contributed by atoms with van der Waals surface area (Å²) in [5, 5.41) is 11.2. The van der Waals surface area contributed by atoms with E-state index in [-0.39, 0.29) is 11.3 Å². The van der Waals surface area contributed by atoms with Crippen LogP contribution in [0, 0.1) is 29.6 Å². The van der Waals surface area contributed by atoms with Gasteiger partial charge in [0.05, 0.1) is 11.9 Å². The highest BCUT2D eigenvalue weighted by molar-refractivity contribution is 5.18. The fraction of sp³-hybridized carbons (Fsp3) is 0.800. The van der Waals surface area contributed by atoms with E-state index in [2.05, 4.69) is 34.6 Å². The number of rotatable bonds is 2. The van der Waals surface area contributed by atoms with Gasteiger partial charge in [-0.25, -0.2) is 0 Å². The molecule has 3 rings (SSSR count). The molecule has 0 radical (unpaired) electrons. The number of aryl methyl sites for hydroxylation is 1. The van der Waals surface area contributed by atoms with Crippen molar-refractivity contribution in [2.75, 3.05) is 0 Å². The van der Waals surface area contributed by atoms with Crippen molar-refractivity contribution in [3.63, 3.8) is 0 Å². The maximum absolute atomic E-state index is 11.2. The second-order valence-corrected chi connectivity index (χ2v) is 9.08. The van der Waals surface area contributed by atoms with Crippen LogP contribution in [0.2, 0.25) is 0 Å². The van der Waals surface area contributed by atoms with Crippen LogP contribution in [0.3, 0.4) is 0 Å². The molecule has 0 aliphatic heterocycles. The van der Waals surface area contributed by atoms with Gasteiger partial charge in [-0.05, 0) is 67.9 Å². The van der Waals surface area contributed by atoms with Crippen molar-refractivity contribution in [3.8, 4) is 0 Å². The molecule has 0 saturated heterocycles. The molecule has 2 nitrogen and oxygen atoms in total. The highest BCUT2D eigenvalue weighted by Gasteiger charge is 2.57. The molecule has 2 aliphatic carbocycles. The Hall–Kier alpha value is -0.760. The molecule has 2 saturated carbocycles.